The number of carbonyl (C=O) groups is 1. The molecule has 0 saturated heterocycles. The van der Waals surface area contributed by atoms with Gasteiger partial charge in [0.25, 0.3) is 5.91 Å². The summed E-state index contributed by atoms with van der Waals surface area (Å²) in [7, 11) is 1.54. The van der Waals surface area contributed by atoms with Gasteiger partial charge in [0.2, 0.25) is 0 Å². The number of methoxy groups -OCH3 is 1. The van der Waals surface area contributed by atoms with Crippen LogP contribution in [-0.2, 0) is 0 Å². The van der Waals surface area contributed by atoms with E-state index in [9.17, 15) is 18.0 Å². The average Bonchev–Trinajstić information content (AvgIpc) is 3.00. The van der Waals surface area contributed by atoms with Gasteiger partial charge in [-0.1, -0.05) is 12.1 Å². The summed E-state index contributed by atoms with van der Waals surface area (Å²) in [5.41, 5.74) is -2.82. The van der Waals surface area contributed by atoms with E-state index in [4.69, 9.17) is 4.74 Å². The van der Waals surface area contributed by atoms with Gasteiger partial charge in [-0.05, 0) is 30.0 Å². The van der Waals surface area contributed by atoms with Crippen LogP contribution in [0, 0.1) is 0 Å². The lowest BCUT2D eigenvalue weighted by atomic mass is 10.1. The highest BCUT2D eigenvalue weighted by Gasteiger charge is 2.27. The molecule has 2 aromatic rings. The van der Waals surface area contributed by atoms with E-state index < -0.39 is 11.4 Å². The molecule has 0 fully saturated rings. The van der Waals surface area contributed by atoms with E-state index in [1.165, 1.54) is 6.07 Å². The molecule has 2 N–H and O–H groups in total. The first-order valence-electron chi connectivity index (χ1n) is 6.58. The maximum Gasteiger partial charge on any atom is 0.441 e. The van der Waals surface area contributed by atoms with Crippen LogP contribution >= 0.6 is 11.8 Å². The summed E-state index contributed by atoms with van der Waals surface area (Å²) < 4.78 is 41.1. The van der Waals surface area contributed by atoms with E-state index in [-0.39, 0.29) is 29.8 Å². The lowest BCUT2D eigenvalue weighted by Gasteiger charge is -2.05. The Morgan fingerprint density at radius 1 is 1.39 bits per heavy atom. The minimum absolute atomic E-state index is 0.0868. The zero-order chi connectivity index (χ0) is 16.9. The van der Waals surface area contributed by atoms with Crippen LogP contribution in [0.5, 0.6) is 5.75 Å². The first-order chi connectivity index (χ1) is 10.9. The van der Waals surface area contributed by atoms with E-state index >= 15 is 0 Å². The summed E-state index contributed by atoms with van der Waals surface area (Å²) >= 11 is -0.178. The second-order valence-electron chi connectivity index (χ2n) is 4.45. The Bertz CT molecular complexity index is 673. The van der Waals surface area contributed by atoms with Gasteiger partial charge in [0.1, 0.15) is 11.4 Å². The molecule has 0 saturated carbocycles. The summed E-state index contributed by atoms with van der Waals surface area (Å²) in [6.07, 6.45) is 0. The number of rotatable bonds is 6. The Morgan fingerprint density at radius 2 is 2.17 bits per heavy atom. The first kappa shape index (κ1) is 17.2. The zero-order valence-corrected chi connectivity index (χ0v) is 12.9. The highest BCUT2D eigenvalue weighted by Crippen LogP contribution is 2.29. The van der Waals surface area contributed by atoms with Gasteiger partial charge in [-0.2, -0.15) is 18.3 Å². The fourth-order valence-electron chi connectivity index (χ4n) is 1.79. The quantitative estimate of drug-likeness (QED) is 0.790. The van der Waals surface area contributed by atoms with Crippen molar-refractivity contribution in [1.29, 1.82) is 0 Å². The van der Waals surface area contributed by atoms with Crippen LogP contribution < -0.4 is 10.1 Å². The third kappa shape index (κ3) is 5.20. The number of ether oxygens (including phenoxy) is 1. The van der Waals surface area contributed by atoms with Crippen molar-refractivity contribution in [3.63, 3.8) is 0 Å². The number of H-pyrrole nitrogens is 1. The molecule has 0 atom stereocenters. The summed E-state index contributed by atoms with van der Waals surface area (Å²) in [4.78, 5) is 11.8. The van der Waals surface area contributed by atoms with Crippen molar-refractivity contribution in [1.82, 2.24) is 15.5 Å². The van der Waals surface area contributed by atoms with Gasteiger partial charge < -0.3 is 10.1 Å². The fraction of sp³-hybridized carbons (Fsp3) is 0.286. The maximum atomic E-state index is 12.0. The van der Waals surface area contributed by atoms with Gasteiger partial charge in [-0.3, -0.25) is 9.89 Å². The highest BCUT2D eigenvalue weighted by molar-refractivity contribution is 8.00. The number of carbonyl (C=O) groups excluding carboxylic acids is 1. The number of aromatic amines is 1. The van der Waals surface area contributed by atoms with E-state index in [1.807, 2.05) is 0 Å². The number of halogens is 3. The number of hydrogen-bond acceptors (Lipinski definition) is 4. The second-order valence-corrected chi connectivity index (χ2v) is 5.61. The molecule has 0 bridgehead atoms. The van der Waals surface area contributed by atoms with Gasteiger partial charge in [-0.15, -0.1) is 0 Å². The zero-order valence-electron chi connectivity index (χ0n) is 12.1. The SMILES string of the molecule is COc1cccc(-c2cc(C(=O)NCCSC(F)(F)F)[nH]n2)c1. The summed E-state index contributed by atoms with van der Waals surface area (Å²) in [6.45, 7) is -0.0868. The number of benzene rings is 1. The molecule has 2 rings (SSSR count). The normalized spacial score (nSPS) is 11.3. The lowest BCUT2D eigenvalue weighted by Crippen LogP contribution is -2.26. The average molecular weight is 345 g/mol. The van der Waals surface area contributed by atoms with E-state index in [0.29, 0.717) is 11.4 Å². The van der Waals surface area contributed by atoms with Crippen LogP contribution in [0.25, 0.3) is 11.3 Å². The van der Waals surface area contributed by atoms with Gasteiger partial charge in [0.15, 0.2) is 0 Å². The van der Waals surface area contributed by atoms with Crippen LogP contribution in [0.2, 0.25) is 0 Å². The monoisotopic (exact) mass is 345 g/mol. The summed E-state index contributed by atoms with van der Waals surface area (Å²) in [5, 5.41) is 8.99. The molecular weight excluding hydrogens is 331 g/mol. The van der Waals surface area contributed by atoms with Crippen LogP contribution in [0.15, 0.2) is 30.3 Å². The molecular formula is C14H14F3N3O2S. The fourth-order valence-corrected chi connectivity index (χ4v) is 2.23. The van der Waals surface area contributed by atoms with Crippen molar-refractivity contribution in [3.05, 3.63) is 36.0 Å². The first-order valence-corrected chi connectivity index (χ1v) is 7.56. The third-order valence-corrected chi connectivity index (χ3v) is 3.58. The largest absolute Gasteiger partial charge is 0.497 e. The molecule has 0 spiro atoms. The van der Waals surface area contributed by atoms with Gasteiger partial charge in [-0.25, -0.2) is 0 Å². The number of alkyl halides is 3. The van der Waals surface area contributed by atoms with Gasteiger partial charge >= 0.3 is 5.51 Å². The molecule has 1 amide bonds. The Labute approximate surface area is 134 Å². The predicted molar refractivity (Wildman–Crippen MR) is 81.4 cm³/mol. The third-order valence-electron chi connectivity index (χ3n) is 2.84. The minimum atomic E-state index is -4.29. The van der Waals surface area contributed by atoms with Crippen LogP contribution in [0.1, 0.15) is 10.5 Å². The van der Waals surface area contributed by atoms with E-state index in [2.05, 4.69) is 15.5 Å². The molecule has 0 aliphatic rings. The highest BCUT2D eigenvalue weighted by atomic mass is 32.2. The number of aromatic nitrogens is 2. The molecule has 9 heteroatoms. The minimum Gasteiger partial charge on any atom is -0.497 e. The van der Waals surface area contributed by atoms with E-state index in [1.54, 1.807) is 31.4 Å². The van der Waals surface area contributed by atoms with Crippen molar-refractivity contribution >= 4 is 17.7 Å². The van der Waals surface area contributed by atoms with Gasteiger partial charge in [0, 0.05) is 17.9 Å². The standard InChI is InChI=1S/C14H14F3N3O2S/c1-22-10-4-2-3-9(7-10)11-8-12(20-19-11)13(21)18-5-6-23-14(15,16)17/h2-4,7-8H,5-6H2,1H3,(H,18,21)(H,19,20). The summed E-state index contributed by atoms with van der Waals surface area (Å²) in [5.74, 6) is -0.0957. The second kappa shape index (κ2) is 7.40. The Hall–Kier alpha value is -2.16. The Morgan fingerprint density at radius 3 is 2.87 bits per heavy atom. The summed E-state index contributed by atoms with van der Waals surface area (Å²) in [6, 6.07) is 8.66. The van der Waals surface area contributed by atoms with Crippen LogP contribution in [-0.4, -0.2) is 41.0 Å². The number of amides is 1. The smallest absolute Gasteiger partial charge is 0.441 e. The van der Waals surface area contributed by atoms with Crippen molar-refractivity contribution in [3.8, 4) is 17.0 Å². The van der Waals surface area contributed by atoms with Crippen molar-refractivity contribution in [2.75, 3.05) is 19.4 Å². The molecule has 0 radical (unpaired) electrons. The molecule has 0 aliphatic heterocycles. The lowest BCUT2D eigenvalue weighted by molar-refractivity contribution is -0.0327. The van der Waals surface area contributed by atoms with Crippen molar-refractivity contribution < 1.29 is 22.7 Å². The molecule has 1 aromatic heterocycles. The topological polar surface area (TPSA) is 67.0 Å². The number of nitrogens with one attached hydrogen (secondary N) is 2. The van der Waals surface area contributed by atoms with E-state index in [0.717, 1.165) is 5.56 Å². The number of hydrogen-bond donors (Lipinski definition) is 2. The molecule has 0 aliphatic carbocycles. The Balaban J connectivity index is 1.94. The van der Waals surface area contributed by atoms with Crippen LogP contribution in [0.4, 0.5) is 13.2 Å². The molecule has 23 heavy (non-hydrogen) atoms. The van der Waals surface area contributed by atoms with Crippen LogP contribution in [0.3, 0.4) is 0 Å². The Kier molecular flexibility index (Phi) is 5.54. The van der Waals surface area contributed by atoms with Crippen molar-refractivity contribution in [2.24, 2.45) is 0 Å². The maximum absolute atomic E-state index is 12.0. The number of nitrogens with zero attached hydrogens (tertiary/aromatic N) is 1. The molecule has 0 unspecified atom stereocenters. The predicted octanol–water partition coefficient (Wildman–Crippen LogP) is 3.07. The molecule has 1 aromatic carbocycles. The molecule has 5 nitrogen and oxygen atoms in total. The van der Waals surface area contributed by atoms with Crippen molar-refractivity contribution in [2.45, 2.75) is 5.51 Å². The van der Waals surface area contributed by atoms with Gasteiger partial charge in [0.05, 0.1) is 12.8 Å². The number of thioether (sulfide) groups is 1. The molecule has 1 heterocycles. The molecule has 124 valence electrons.